The van der Waals surface area contributed by atoms with Gasteiger partial charge in [-0.1, -0.05) is 43.3 Å². The first-order valence-electron chi connectivity index (χ1n) is 13.0. The number of hydrogen-bond donors (Lipinski definition) is 2. The highest BCUT2D eigenvalue weighted by molar-refractivity contribution is 5.89. The molecule has 0 aliphatic rings. The second kappa shape index (κ2) is 13.3. The van der Waals surface area contributed by atoms with E-state index in [1.165, 1.54) is 5.56 Å². The zero-order chi connectivity index (χ0) is 27.6. The minimum atomic E-state index is -0.276. The van der Waals surface area contributed by atoms with E-state index in [4.69, 9.17) is 9.47 Å². The lowest BCUT2D eigenvalue weighted by molar-refractivity contribution is -0.142. The molecule has 0 fully saturated rings. The number of nitrogens with one attached hydrogen (secondary N) is 2. The third kappa shape index (κ3) is 7.47. The number of hydrogen-bond acceptors (Lipinski definition) is 5. The van der Waals surface area contributed by atoms with Crippen molar-refractivity contribution in [3.63, 3.8) is 0 Å². The van der Waals surface area contributed by atoms with Gasteiger partial charge in [0.2, 0.25) is 0 Å². The largest absolute Gasteiger partial charge is 0.497 e. The Morgan fingerprint density at radius 2 is 1.54 bits per heavy atom. The van der Waals surface area contributed by atoms with E-state index in [-0.39, 0.29) is 18.4 Å². The third-order valence-electron chi connectivity index (χ3n) is 6.41. The first kappa shape index (κ1) is 27.4. The quantitative estimate of drug-likeness (QED) is 0.234. The Hall–Kier alpha value is -4.59. The number of aryl methyl sites for hydroxylation is 1. The van der Waals surface area contributed by atoms with Gasteiger partial charge in [0.15, 0.2) is 0 Å². The number of benzene rings is 3. The van der Waals surface area contributed by atoms with Crippen LogP contribution >= 0.6 is 0 Å². The molecule has 39 heavy (non-hydrogen) atoms. The number of esters is 1. The summed E-state index contributed by atoms with van der Waals surface area (Å²) in [5.74, 6) is 0.493. The van der Waals surface area contributed by atoms with Gasteiger partial charge in [-0.25, -0.2) is 4.79 Å². The highest BCUT2D eigenvalue weighted by Crippen LogP contribution is 2.25. The molecule has 3 aromatic carbocycles. The van der Waals surface area contributed by atoms with Crippen LogP contribution in [0.25, 0.3) is 11.3 Å². The number of aromatic nitrogens is 2. The summed E-state index contributed by atoms with van der Waals surface area (Å²) >= 11 is 0. The summed E-state index contributed by atoms with van der Waals surface area (Å²) in [6.07, 6.45) is 2.90. The van der Waals surface area contributed by atoms with Gasteiger partial charge in [-0.15, -0.1) is 0 Å². The van der Waals surface area contributed by atoms with E-state index in [0.29, 0.717) is 25.4 Å². The number of ether oxygens (including phenoxy) is 2. The molecule has 0 unspecified atom stereocenters. The molecule has 8 heteroatoms. The molecule has 0 saturated heterocycles. The number of carbonyl (C=O) groups is 2. The first-order chi connectivity index (χ1) is 19.0. The maximum atomic E-state index is 13.5. The minimum absolute atomic E-state index is 0.191. The zero-order valence-corrected chi connectivity index (χ0v) is 22.6. The standard InChI is InChI=1S/C31H34N4O4/c1-4-22-6-8-24(9-7-22)20-35(21-26-19-32-34-30(26)25-12-16-28(38-3)17-13-25)31(37)33-27-14-10-23(11-15-27)18-29(36)39-5-2/h6-17,19H,4-5,18,20-21H2,1-3H3,(H,32,34)(H,33,37). The smallest absolute Gasteiger partial charge is 0.322 e. The second-order valence-electron chi connectivity index (χ2n) is 9.13. The highest BCUT2D eigenvalue weighted by atomic mass is 16.5. The lowest BCUT2D eigenvalue weighted by Crippen LogP contribution is -2.34. The highest BCUT2D eigenvalue weighted by Gasteiger charge is 2.19. The van der Waals surface area contributed by atoms with Crippen LogP contribution in [-0.4, -0.2) is 40.8 Å². The fraction of sp³-hybridized carbons (Fsp3) is 0.258. The van der Waals surface area contributed by atoms with Crippen molar-refractivity contribution in [3.8, 4) is 17.0 Å². The number of anilines is 1. The summed E-state index contributed by atoms with van der Waals surface area (Å²) in [5.41, 5.74) is 6.43. The van der Waals surface area contributed by atoms with E-state index in [1.54, 1.807) is 37.3 Å². The van der Waals surface area contributed by atoms with Crippen molar-refractivity contribution in [3.05, 3.63) is 101 Å². The maximum Gasteiger partial charge on any atom is 0.322 e. The van der Waals surface area contributed by atoms with Gasteiger partial charge in [-0.2, -0.15) is 5.10 Å². The van der Waals surface area contributed by atoms with Gasteiger partial charge >= 0.3 is 12.0 Å². The lowest BCUT2D eigenvalue weighted by Gasteiger charge is -2.24. The molecule has 2 N–H and O–H groups in total. The van der Waals surface area contributed by atoms with Gasteiger partial charge in [-0.05, 0) is 66.4 Å². The lowest BCUT2D eigenvalue weighted by atomic mass is 10.1. The molecule has 0 saturated carbocycles. The Morgan fingerprint density at radius 1 is 0.872 bits per heavy atom. The first-order valence-corrected chi connectivity index (χ1v) is 13.0. The summed E-state index contributed by atoms with van der Waals surface area (Å²) < 4.78 is 10.3. The van der Waals surface area contributed by atoms with E-state index in [0.717, 1.165) is 40.1 Å². The Bertz CT molecular complexity index is 1360. The number of nitrogens with zero attached hydrogens (tertiary/aromatic N) is 2. The number of carbonyl (C=O) groups excluding carboxylic acids is 2. The Morgan fingerprint density at radius 3 is 2.18 bits per heavy atom. The molecule has 1 heterocycles. The number of H-pyrrole nitrogens is 1. The van der Waals surface area contributed by atoms with Gasteiger partial charge < -0.3 is 19.7 Å². The van der Waals surface area contributed by atoms with Crippen LogP contribution in [0, 0.1) is 0 Å². The molecular weight excluding hydrogens is 492 g/mol. The number of amides is 2. The van der Waals surface area contributed by atoms with Crippen molar-refractivity contribution >= 4 is 17.7 Å². The van der Waals surface area contributed by atoms with Crippen molar-refractivity contribution in [1.29, 1.82) is 0 Å². The number of urea groups is 1. The molecular formula is C31H34N4O4. The predicted molar refractivity (Wildman–Crippen MR) is 151 cm³/mol. The van der Waals surface area contributed by atoms with E-state index < -0.39 is 0 Å². The van der Waals surface area contributed by atoms with Gasteiger partial charge in [-0.3, -0.25) is 9.89 Å². The molecule has 202 valence electrons. The number of rotatable bonds is 11. The van der Waals surface area contributed by atoms with Gasteiger partial charge in [0.25, 0.3) is 0 Å². The molecule has 8 nitrogen and oxygen atoms in total. The molecule has 0 aliphatic carbocycles. The van der Waals surface area contributed by atoms with E-state index in [2.05, 4.69) is 46.7 Å². The summed E-state index contributed by atoms with van der Waals surface area (Å²) in [5, 5.41) is 10.3. The minimum Gasteiger partial charge on any atom is -0.497 e. The second-order valence-corrected chi connectivity index (χ2v) is 9.13. The normalized spacial score (nSPS) is 10.6. The fourth-order valence-corrected chi connectivity index (χ4v) is 4.23. The topological polar surface area (TPSA) is 96.5 Å². The Kier molecular flexibility index (Phi) is 9.34. The van der Waals surface area contributed by atoms with Crippen LogP contribution in [0.5, 0.6) is 5.75 Å². The van der Waals surface area contributed by atoms with Crippen LogP contribution in [0.2, 0.25) is 0 Å². The van der Waals surface area contributed by atoms with Crippen molar-refractivity contribution in [1.82, 2.24) is 15.1 Å². The third-order valence-corrected chi connectivity index (χ3v) is 6.41. The average molecular weight is 527 g/mol. The van der Waals surface area contributed by atoms with E-state index in [1.807, 2.05) is 36.4 Å². The van der Waals surface area contributed by atoms with Crippen molar-refractivity contribution < 1.29 is 19.1 Å². The summed E-state index contributed by atoms with van der Waals surface area (Å²) in [7, 11) is 1.63. The molecule has 0 aliphatic heterocycles. The van der Waals surface area contributed by atoms with Crippen LogP contribution in [0.1, 0.15) is 36.1 Å². The van der Waals surface area contributed by atoms with Crippen LogP contribution in [0.3, 0.4) is 0 Å². The summed E-state index contributed by atoms with van der Waals surface area (Å²) in [6, 6.07) is 23.0. The van der Waals surface area contributed by atoms with E-state index in [9.17, 15) is 9.59 Å². The van der Waals surface area contributed by atoms with Crippen molar-refractivity contribution in [2.75, 3.05) is 19.0 Å². The van der Waals surface area contributed by atoms with E-state index >= 15 is 0 Å². The van der Waals surface area contributed by atoms with Crippen LogP contribution in [0.4, 0.5) is 10.5 Å². The molecule has 4 aromatic rings. The SMILES string of the molecule is CCOC(=O)Cc1ccc(NC(=O)N(Cc2ccc(CC)cc2)Cc2cn[nH]c2-c2ccc(OC)cc2)cc1. The predicted octanol–water partition coefficient (Wildman–Crippen LogP) is 5.99. The van der Waals surface area contributed by atoms with Crippen LogP contribution in [0.15, 0.2) is 79.0 Å². The summed E-state index contributed by atoms with van der Waals surface area (Å²) in [6.45, 7) is 5.02. The monoisotopic (exact) mass is 526 g/mol. The van der Waals surface area contributed by atoms with Gasteiger partial charge in [0.1, 0.15) is 5.75 Å². The molecule has 0 bridgehead atoms. The van der Waals surface area contributed by atoms with Crippen LogP contribution < -0.4 is 10.1 Å². The molecule has 0 atom stereocenters. The Balaban J connectivity index is 1.53. The zero-order valence-electron chi connectivity index (χ0n) is 22.6. The molecule has 1 aromatic heterocycles. The van der Waals surface area contributed by atoms with Gasteiger partial charge in [0, 0.05) is 23.4 Å². The molecule has 4 rings (SSSR count). The maximum absolute atomic E-state index is 13.5. The number of aromatic amines is 1. The summed E-state index contributed by atoms with van der Waals surface area (Å²) in [4.78, 5) is 27.1. The number of methoxy groups -OCH3 is 1. The molecule has 0 spiro atoms. The van der Waals surface area contributed by atoms with Gasteiger partial charge in [0.05, 0.1) is 38.6 Å². The molecule has 2 amide bonds. The van der Waals surface area contributed by atoms with Crippen molar-refractivity contribution in [2.45, 2.75) is 39.8 Å². The molecule has 0 radical (unpaired) electrons. The average Bonchev–Trinajstić information content (AvgIpc) is 3.42. The van der Waals surface area contributed by atoms with Crippen molar-refractivity contribution in [2.24, 2.45) is 0 Å². The Labute approximate surface area is 229 Å². The van der Waals surface area contributed by atoms with Crippen LogP contribution in [-0.2, 0) is 35.5 Å². The fourth-order valence-electron chi connectivity index (χ4n) is 4.23.